The molecule has 0 radical (unpaired) electrons. The first-order chi connectivity index (χ1) is 9.24. The Morgan fingerprint density at radius 3 is 2.25 bits per heavy atom. The van der Waals surface area contributed by atoms with Crippen LogP contribution in [-0.4, -0.2) is 38.0 Å². The Labute approximate surface area is 140 Å². The maximum absolute atomic E-state index is 4.13. The number of rotatable bonds is 6. The smallest absolute Gasteiger partial charge is 0.190 e. The average Bonchev–Trinajstić information content (AvgIpc) is 2.47. The third-order valence-electron chi connectivity index (χ3n) is 3.31. The predicted octanol–water partition coefficient (Wildman–Crippen LogP) is 2.44. The van der Waals surface area contributed by atoms with Crippen LogP contribution in [0.15, 0.2) is 29.3 Å². The number of aliphatic imine (C=N–C) groups is 1. The van der Waals surface area contributed by atoms with Crippen molar-refractivity contribution in [2.24, 2.45) is 4.99 Å². The molecule has 0 saturated heterocycles. The second-order valence-corrected chi connectivity index (χ2v) is 4.41. The van der Waals surface area contributed by atoms with Crippen LogP contribution < -0.4 is 10.6 Å². The van der Waals surface area contributed by atoms with Crippen molar-refractivity contribution in [3.63, 3.8) is 0 Å². The zero-order chi connectivity index (χ0) is 14.1. The summed E-state index contributed by atoms with van der Waals surface area (Å²) in [7, 11) is 3.65. The molecule has 0 unspecified atom stereocenters. The maximum Gasteiger partial charge on any atom is 0.190 e. The van der Waals surface area contributed by atoms with E-state index in [9.17, 15) is 0 Å². The third kappa shape index (κ3) is 6.09. The quantitative estimate of drug-likeness (QED) is 0.445. The number of benzene rings is 1. The lowest BCUT2D eigenvalue weighted by Gasteiger charge is -2.20. The second-order valence-electron chi connectivity index (χ2n) is 4.41. The highest BCUT2D eigenvalue weighted by molar-refractivity contribution is 14.0. The molecule has 1 rings (SSSR count). The number of hydrogen-bond acceptors (Lipinski definition) is 2. The summed E-state index contributed by atoms with van der Waals surface area (Å²) in [5.74, 6) is 0.817. The van der Waals surface area contributed by atoms with Gasteiger partial charge >= 0.3 is 0 Å². The maximum atomic E-state index is 4.13. The molecule has 0 heterocycles. The summed E-state index contributed by atoms with van der Waals surface area (Å²) in [6.07, 6.45) is 0. The van der Waals surface area contributed by atoms with E-state index >= 15 is 0 Å². The molecule has 20 heavy (non-hydrogen) atoms. The second kappa shape index (κ2) is 10.9. The monoisotopic (exact) mass is 390 g/mol. The summed E-state index contributed by atoms with van der Waals surface area (Å²) in [5, 5.41) is 6.34. The molecular weight excluding hydrogens is 363 g/mol. The molecule has 2 N–H and O–H groups in total. The van der Waals surface area contributed by atoms with Gasteiger partial charge in [-0.25, -0.2) is 0 Å². The van der Waals surface area contributed by atoms with Gasteiger partial charge in [-0.3, -0.25) is 9.89 Å². The van der Waals surface area contributed by atoms with Gasteiger partial charge in [0.05, 0.1) is 0 Å². The highest BCUT2D eigenvalue weighted by atomic mass is 127. The zero-order valence-corrected chi connectivity index (χ0v) is 15.3. The lowest BCUT2D eigenvalue weighted by Crippen LogP contribution is -2.34. The van der Waals surface area contributed by atoms with Crippen molar-refractivity contribution in [1.29, 1.82) is 0 Å². The number of nitrogens with one attached hydrogen (secondary N) is 2. The van der Waals surface area contributed by atoms with E-state index in [0.717, 1.165) is 32.1 Å². The van der Waals surface area contributed by atoms with Gasteiger partial charge in [0.1, 0.15) is 0 Å². The molecule has 4 nitrogen and oxygen atoms in total. The summed E-state index contributed by atoms with van der Waals surface area (Å²) in [5.41, 5.74) is 2.70. The molecule has 1 aromatic rings. The van der Waals surface area contributed by atoms with Crippen LogP contribution in [0.2, 0.25) is 0 Å². The fraction of sp³-hybridized carbons (Fsp3) is 0.533. The molecule has 1 aromatic carbocycles. The van der Waals surface area contributed by atoms with Gasteiger partial charge in [0.15, 0.2) is 5.96 Å². The van der Waals surface area contributed by atoms with Crippen LogP contribution in [0.25, 0.3) is 0 Å². The first-order valence-electron chi connectivity index (χ1n) is 6.92. The summed E-state index contributed by atoms with van der Waals surface area (Å²) < 4.78 is 0. The first kappa shape index (κ1) is 19.2. The van der Waals surface area contributed by atoms with E-state index in [1.165, 1.54) is 11.1 Å². The molecule has 5 heteroatoms. The fourth-order valence-electron chi connectivity index (χ4n) is 2.03. The number of nitrogens with zero attached hydrogens (tertiary/aromatic N) is 2. The average molecular weight is 390 g/mol. The Balaban J connectivity index is 0.00000361. The molecule has 0 aliphatic heterocycles. The van der Waals surface area contributed by atoms with E-state index in [1.54, 1.807) is 7.05 Å². The molecule has 0 atom stereocenters. The van der Waals surface area contributed by atoms with Crippen molar-refractivity contribution >= 4 is 29.9 Å². The van der Waals surface area contributed by atoms with Gasteiger partial charge in [0.25, 0.3) is 0 Å². The van der Waals surface area contributed by atoms with Gasteiger partial charge in [-0.15, -0.1) is 24.0 Å². The molecule has 0 saturated carbocycles. The zero-order valence-electron chi connectivity index (χ0n) is 12.9. The fourth-order valence-corrected chi connectivity index (χ4v) is 2.03. The standard InChI is InChI=1S/C15H26N4.HI/c1-5-19(6-2)12-14-10-8-7-9-13(14)11-18-15(16-3)17-4;/h7-10H,5-6,11-12H2,1-4H3,(H2,16,17,18);1H. The van der Waals surface area contributed by atoms with Gasteiger partial charge in [0.2, 0.25) is 0 Å². The molecule has 0 aliphatic rings. The SMILES string of the molecule is CCN(CC)Cc1ccccc1CNC(=NC)NC.I. The van der Waals surface area contributed by atoms with E-state index in [-0.39, 0.29) is 24.0 Å². The Hall–Kier alpha value is -0.820. The molecule has 0 bridgehead atoms. The molecule has 0 fully saturated rings. The van der Waals surface area contributed by atoms with Crippen molar-refractivity contribution in [1.82, 2.24) is 15.5 Å². The van der Waals surface area contributed by atoms with Crippen LogP contribution in [0.1, 0.15) is 25.0 Å². The van der Waals surface area contributed by atoms with Crippen molar-refractivity contribution in [2.45, 2.75) is 26.9 Å². The molecule has 0 aromatic heterocycles. The predicted molar refractivity (Wildman–Crippen MR) is 97.7 cm³/mol. The lowest BCUT2D eigenvalue weighted by atomic mass is 10.1. The van der Waals surface area contributed by atoms with Crippen LogP contribution in [0, 0.1) is 0 Å². The first-order valence-corrected chi connectivity index (χ1v) is 6.92. The molecule has 114 valence electrons. The molecule has 0 aliphatic carbocycles. The summed E-state index contributed by atoms with van der Waals surface area (Å²) in [6.45, 7) is 8.36. The molecular formula is C15H27IN4. The largest absolute Gasteiger partial charge is 0.359 e. The van der Waals surface area contributed by atoms with Crippen molar-refractivity contribution < 1.29 is 0 Å². The van der Waals surface area contributed by atoms with E-state index in [1.807, 2.05) is 7.05 Å². The Morgan fingerprint density at radius 1 is 1.15 bits per heavy atom. The Morgan fingerprint density at radius 2 is 1.75 bits per heavy atom. The van der Waals surface area contributed by atoms with E-state index in [0.29, 0.717) is 0 Å². The van der Waals surface area contributed by atoms with Crippen molar-refractivity contribution in [3.8, 4) is 0 Å². The van der Waals surface area contributed by atoms with Crippen molar-refractivity contribution in [2.75, 3.05) is 27.2 Å². The highest BCUT2D eigenvalue weighted by Gasteiger charge is 2.06. The Bertz CT molecular complexity index is 403. The summed E-state index contributed by atoms with van der Waals surface area (Å²) in [6, 6.07) is 8.58. The minimum atomic E-state index is 0. The highest BCUT2D eigenvalue weighted by Crippen LogP contribution is 2.11. The minimum absolute atomic E-state index is 0. The number of halogens is 1. The van der Waals surface area contributed by atoms with Gasteiger partial charge < -0.3 is 10.6 Å². The van der Waals surface area contributed by atoms with Crippen LogP contribution in [0.5, 0.6) is 0 Å². The summed E-state index contributed by atoms with van der Waals surface area (Å²) in [4.78, 5) is 6.55. The molecule has 0 amide bonds. The summed E-state index contributed by atoms with van der Waals surface area (Å²) >= 11 is 0. The minimum Gasteiger partial charge on any atom is -0.359 e. The Kier molecular flexibility index (Phi) is 10.5. The van der Waals surface area contributed by atoms with Crippen LogP contribution in [0.4, 0.5) is 0 Å². The van der Waals surface area contributed by atoms with Crippen LogP contribution in [-0.2, 0) is 13.1 Å². The topological polar surface area (TPSA) is 39.7 Å². The number of hydrogen-bond donors (Lipinski definition) is 2. The lowest BCUT2D eigenvalue weighted by molar-refractivity contribution is 0.295. The van der Waals surface area contributed by atoms with Gasteiger partial charge in [-0.1, -0.05) is 38.1 Å². The van der Waals surface area contributed by atoms with Gasteiger partial charge in [-0.2, -0.15) is 0 Å². The van der Waals surface area contributed by atoms with E-state index in [2.05, 4.69) is 58.6 Å². The van der Waals surface area contributed by atoms with E-state index < -0.39 is 0 Å². The third-order valence-corrected chi connectivity index (χ3v) is 3.31. The number of guanidine groups is 1. The normalized spacial score (nSPS) is 11.2. The van der Waals surface area contributed by atoms with E-state index in [4.69, 9.17) is 0 Å². The van der Waals surface area contributed by atoms with Gasteiger partial charge in [-0.05, 0) is 24.2 Å². The van der Waals surface area contributed by atoms with Gasteiger partial charge in [0, 0.05) is 27.2 Å². The molecule has 0 spiro atoms. The van der Waals surface area contributed by atoms with Crippen molar-refractivity contribution in [3.05, 3.63) is 35.4 Å². The van der Waals surface area contributed by atoms with Crippen LogP contribution >= 0.6 is 24.0 Å². The van der Waals surface area contributed by atoms with Crippen LogP contribution in [0.3, 0.4) is 0 Å².